The van der Waals surface area contributed by atoms with Crippen molar-refractivity contribution in [2.45, 2.75) is 6.92 Å². The van der Waals surface area contributed by atoms with Crippen molar-refractivity contribution in [1.29, 1.82) is 0 Å². The SMILES string of the molecule is Cc1c(-c2cn3ccnc3o2)noc1C(=O)O. The minimum Gasteiger partial charge on any atom is -0.475 e. The molecule has 0 radical (unpaired) electrons. The fraction of sp³-hybridized carbons (Fsp3) is 0.100. The number of imidazole rings is 1. The first-order valence-corrected chi connectivity index (χ1v) is 4.79. The molecule has 0 aliphatic rings. The van der Waals surface area contributed by atoms with Gasteiger partial charge in [0.1, 0.15) is 0 Å². The van der Waals surface area contributed by atoms with E-state index < -0.39 is 5.97 Å². The molecule has 0 fully saturated rings. The van der Waals surface area contributed by atoms with Crippen LogP contribution >= 0.6 is 0 Å². The number of carboxylic acids is 1. The maximum absolute atomic E-state index is 10.8. The normalized spacial score (nSPS) is 11.1. The molecule has 0 aliphatic carbocycles. The zero-order valence-electron chi connectivity index (χ0n) is 8.75. The molecule has 1 N–H and O–H groups in total. The van der Waals surface area contributed by atoms with Gasteiger partial charge in [0.2, 0.25) is 5.76 Å². The summed E-state index contributed by atoms with van der Waals surface area (Å²) < 4.78 is 11.8. The minimum absolute atomic E-state index is 0.186. The molecule has 17 heavy (non-hydrogen) atoms. The molecule has 7 heteroatoms. The predicted octanol–water partition coefficient (Wildman–Crippen LogP) is 1.59. The summed E-state index contributed by atoms with van der Waals surface area (Å²) in [6.45, 7) is 1.61. The van der Waals surface area contributed by atoms with Gasteiger partial charge in [-0.3, -0.25) is 4.40 Å². The summed E-state index contributed by atoms with van der Waals surface area (Å²) in [5, 5.41) is 12.5. The van der Waals surface area contributed by atoms with Crippen LogP contribution in [0.5, 0.6) is 0 Å². The highest BCUT2D eigenvalue weighted by Gasteiger charge is 2.21. The summed E-state index contributed by atoms with van der Waals surface area (Å²) >= 11 is 0. The third-order valence-electron chi connectivity index (χ3n) is 2.44. The number of hydrogen-bond acceptors (Lipinski definition) is 5. The van der Waals surface area contributed by atoms with Crippen LogP contribution in [0.3, 0.4) is 0 Å². The number of aromatic nitrogens is 3. The standard InChI is InChI=1S/C10H7N3O4/c1-5-7(12-17-8(5)9(14)15)6-4-13-3-2-11-10(13)16-6/h2-4H,1H3,(H,14,15). The van der Waals surface area contributed by atoms with Crippen molar-refractivity contribution < 1.29 is 18.8 Å². The average Bonchev–Trinajstić information content (AvgIpc) is 2.88. The number of rotatable bonds is 2. The quantitative estimate of drug-likeness (QED) is 0.722. The highest BCUT2D eigenvalue weighted by molar-refractivity contribution is 5.87. The van der Waals surface area contributed by atoms with E-state index in [4.69, 9.17) is 14.0 Å². The van der Waals surface area contributed by atoms with Crippen LogP contribution in [0.2, 0.25) is 0 Å². The lowest BCUT2D eigenvalue weighted by molar-refractivity contribution is 0.0651. The first-order valence-electron chi connectivity index (χ1n) is 4.79. The lowest BCUT2D eigenvalue weighted by Crippen LogP contribution is -1.95. The molecule has 0 aromatic carbocycles. The molecule has 0 bridgehead atoms. The Morgan fingerprint density at radius 2 is 2.35 bits per heavy atom. The highest BCUT2D eigenvalue weighted by atomic mass is 16.5. The van der Waals surface area contributed by atoms with E-state index in [1.54, 1.807) is 29.9 Å². The molecule has 0 aliphatic heterocycles. The van der Waals surface area contributed by atoms with Crippen molar-refractivity contribution in [3.63, 3.8) is 0 Å². The second kappa shape index (κ2) is 3.21. The number of carbonyl (C=O) groups is 1. The zero-order chi connectivity index (χ0) is 12.0. The Morgan fingerprint density at radius 3 is 3.00 bits per heavy atom. The largest absolute Gasteiger partial charge is 0.475 e. The third-order valence-corrected chi connectivity index (χ3v) is 2.44. The van der Waals surface area contributed by atoms with Gasteiger partial charge in [-0.1, -0.05) is 5.16 Å². The molecule has 3 aromatic rings. The van der Waals surface area contributed by atoms with Crippen LogP contribution in [0, 0.1) is 6.92 Å². The topological polar surface area (TPSA) is 93.8 Å². The molecule has 0 spiro atoms. The van der Waals surface area contributed by atoms with Crippen LogP contribution in [0.1, 0.15) is 16.1 Å². The molecule has 0 unspecified atom stereocenters. The number of aromatic carboxylic acids is 1. The van der Waals surface area contributed by atoms with E-state index in [1.807, 2.05) is 0 Å². The van der Waals surface area contributed by atoms with Crippen molar-refractivity contribution in [1.82, 2.24) is 14.5 Å². The van der Waals surface area contributed by atoms with E-state index >= 15 is 0 Å². The van der Waals surface area contributed by atoms with Crippen LogP contribution < -0.4 is 0 Å². The summed E-state index contributed by atoms with van der Waals surface area (Å²) in [5.41, 5.74) is 0.794. The van der Waals surface area contributed by atoms with Gasteiger partial charge in [-0.2, -0.15) is 0 Å². The number of oxazole rings is 1. The Morgan fingerprint density at radius 1 is 1.53 bits per heavy atom. The highest BCUT2D eigenvalue weighted by Crippen LogP contribution is 2.26. The van der Waals surface area contributed by atoms with E-state index in [0.29, 0.717) is 22.9 Å². The van der Waals surface area contributed by atoms with Gasteiger partial charge in [0, 0.05) is 18.0 Å². The first-order chi connectivity index (χ1) is 8.16. The molecule has 3 aromatic heterocycles. The molecule has 0 saturated heterocycles. The number of hydrogen-bond donors (Lipinski definition) is 1. The van der Waals surface area contributed by atoms with E-state index in [0.717, 1.165) is 0 Å². The smallest absolute Gasteiger partial charge is 0.375 e. The van der Waals surface area contributed by atoms with Crippen molar-refractivity contribution >= 4 is 11.8 Å². The molecular formula is C10H7N3O4. The predicted molar refractivity (Wildman–Crippen MR) is 54.7 cm³/mol. The average molecular weight is 233 g/mol. The summed E-state index contributed by atoms with van der Waals surface area (Å²) in [4.78, 5) is 14.8. The van der Waals surface area contributed by atoms with Crippen molar-refractivity contribution in [3.05, 3.63) is 29.9 Å². The summed E-state index contributed by atoms with van der Waals surface area (Å²) in [7, 11) is 0. The van der Waals surface area contributed by atoms with Crippen molar-refractivity contribution in [3.8, 4) is 11.5 Å². The van der Waals surface area contributed by atoms with Crippen LogP contribution in [-0.4, -0.2) is 25.6 Å². The Balaban J connectivity index is 2.15. The maximum Gasteiger partial charge on any atom is 0.375 e. The van der Waals surface area contributed by atoms with Gasteiger partial charge in [-0.05, 0) is 6.92 Å². The van der Waals surface area contributed by atoms with Crippen molar-refractivity contribution in [2.24, 2.45) is 0 Å². The van der Waals surface area contributed by atoms with Crippen LogP contribution in [0.25, 0.3) is 17.3 Å². The van der Waals surface area contributed by atoms with Gasteiger partial charge in [0.05, 0.1) is 6.20 Å². The molecule has 3 heterocycles. The van der Waals surface area contributed by atoms with Crippen molar-refractivity contribution in [2.75, 3.05) is 0 Å². The number of fused-ring (bicyclic) bond motifs is 1. The first kappa shape index (κ1) is 9.64. The van der Waals surface area contributed by atoms with Crippen LogP contribution in [0.15, 0.2) is 27.5 Å². The maximum atomic E-state index is 10.8. The Bertz CT molecular complexity index is 678. The molecule has 0 atom stereocenters. The van der Waals surface area contributed by atoms with Gasteiger partial charge in [-0.15, -0.1) is 0 Å². The van der Waals surface area contributed by atoms with E-state index in [2.05, 4.69) is 10.1 Å². The minimum atomic E-state index is -1.16. The summed E-state index contributed by atoms with van der Waals surface area (Å²) in [6, 6.07) is 0. The second-order valence-corrected chi connectivity index (χ2v) is 3.50. The Hall–Kier alpha value is -2.57. The van der Waals surface area contributed by atoms with E-state index in [1.165, 1.54) is 0 Å². The monoisotopic (exact) mass is 233 g/mol. The third kappa shape index (κ3) is 1.32. The lowest BCUT2D eigenvalue weighted by atomic mass is 10.2. The summed E-state index contributed by atoms with van der Waals surface area (Å²) in [5.74, 6) is -0.507. The lowest BCUT2D eigenvalue weighted by Gasteiger charge is -1.89. The Labute approximate surface area is 94.3 Å². The van der Waals surface area contributed by atoms with Crippen LogP contribution in [-0.2, 0) is 0 Å². The molecule has 3 rings (SSSR count). The summed E-state index contributed by atoms with van der Waals surface area (Å²) in [6.07, 6.45) is 4.98. The fourth-order valence-electron chi connectivity index (χ4n) is 1.60. The second-order valence-electron chi connectivity index (χ2n) is 3.50. The zero-order valence-corrected chi connectivity index (χ0v) is 8.75. The number of carboxylic acid groups (broad SMARTS) is 1. The van der Waals surface area contributed by atoms with E-state index in [-0.39, 0.29) is 5.76 Å². The number of nitrogens with zero attached hydrogens (tertiary/aromatic N) is 3. The molecule has 86 valence electrons. The molecule has 0 amide bonds. The van der Waals surface area contributed by atoms with Gasteiger partial charge in [0.15, 0.2) is 11.5 Å². The van der Waals surface area contributed by atoms with Crippen LogP contribution in [0.4, 0.5) is 0 Å². The van der Waals surface area contributed by atoms with Gasteiger partial charge in [-0.25, -0.2) is 9.78 Å². The Kier molecular flexibility index (Phi) is 1.82. The molecule has 7 nitrogen and oxygen atoms in total. The van der Waals surface area contributed by atoms with Gasteiger partial charge in [0.25, 0.3) is 0 Å². The van der Waals surface area contributed by atoms with E-state index in [9.17, 15) is 4.79 Å². The van der Waals surface area contributed by atoms with Gasteiger partial charge < -0.3 is 14.0 Å². The molecule has 0 saturated carbocycles. The van der Waals surface area contributed by atoms with Gasteiger partial charge >= 0.3 is 11.8 Å². The fourth-order valence-corrected chi connectivity index (χ4v) is 1.60. The molecular weight excluding hydrogens is 226 g/mol.